The Morgan fingerprint density at radius 2 is 1.97 bits per heavy atom. The SMILES string of the molecule is O=C(Cc1cccc(-n2nc(-c3cccs3)cc2NC(=O)N[C@H]2CCc3ccccc32)c1)NCCO. The lowest BCUT2D eigenvalue weighted by Gasteiger charge is -2.15. The lowest BCUT2D eigenvalue weighted by atomic mass is 10.1. The highest BCUT2D eigenvalue weighted by molar-refractivity contribution is 7.13. The second-order valence-corrected chi connectivity index (χ2v) is 9.56. The minimum absolute atomic E-state index is 0.0323. The normalized spacial score (nSPS) is 14.3. The molecule has 0 saturated carbocycles. The zero-order valence-corrected chi connectivity index (χ0v) is 20.4. The molecule has 0 unspecified atom stereocenters. The number of aryl methyl sites for hydroxylation is 1. The van der Waals surface area contributed by atoms with Gasteiger partial charge in [0.1, 0.15) is 11.5 Å². The van der Waals surface area contributed by atoms with E-state index in [-0.39, 0.29) is 37.6 Å². The van der Waals surface area contributed by atoms with Gasteiger partial charge < -0.3 is 15.7 Å². The van der Waals surface area contributed by atoms with Crippen molar-refractivity contribution in [2.75, 3.05) is 18.5 Å². The van der Waals surface area contributed by atoms with Gasteiger partial charge in [0.25, 0.3) is 0 Å². The van der Waals surface area contributed by atoms with Gasteiger partial charge in [0.2, 0.25) is 5.91 Å². The molecule has 4 N–H and O–H groups in total. The fraction of sp³-hybridized carbons (Fsp3) is 0.222. The van der Waals surface area contributed by atoms with Crippen molar-refractivity contribution in [3.63, 3.8) is 0 Å². The summed E-state index contributed by atoms with van der Waals surface area (Å²) in [5, 5.41) is 24.4. The molecule has 3 amide bonds. The van der Waals surface area contributed by atoms with Crippen LogP contribution in [-0.2, 0) is 17.6 Å². The maximum Gasteiger partial charge on any atom is 0.320 e. The fourth-order valence-corrected chi connectivity index (χ4v) is 5.15. The number of amides is 3. The van der Waals surface area contributed by atoms with E-state index < -0.39 is 0 Å². The average Bonchev–Trinajstić information content (AvgIpc) is 3.63. The summed E-state index contributed by atoms with van der Waals surface area (Å²) in [6, 6.07) is 21.1. The number of nitrogens with one attached hydrogen (secondary N) is 3. The molecule has 2 heterocycles. The maximum absolute atomic E-state index is 13.0. The molecule has 0 radical (unpaired) electrons. The molecule has 9 heteroatoms. The zero-order valence-electron chi connectivity index (χ0n) is 19.6. The Balaban J connectivity index is 1.39. The summed E-state index contributed by atoms with van der Waals surface area (Å²) in [5.74, 6) is 0.361. The number of urea groups is 1. The number of benzene rings is 2. The first kappa shape index (κ1) is 23.8. The Labute approximate surface area is 213 Å². The van der Waals surface area contributed by atoms with E-state index in [1.165, 1.54) is 5.56 Å². The number of fused-ring (bicyclic) bond motifs is 1. The molecule has 0 bridgehead atoms. The van der Waals surface area contributed by atoms with Gasteiger partial charge in [0.05, 0.1) is 29.6 Å². The Bertz CT molecular complexity index is 1370. The van der Waals surface area contributed by atoms with Crippen molar-refractivity contribution in [1.82, 2.24) is 20.4 Å². The van der Waals surface area contributed by atoms with Crippen molar-refractivity contribution in [2.24, 2.45) is 0 Å². The lowest BCUT2D eigenvalue weighted by molar-refractivity contribution is -0.120. The second-order valence-electron chi connectivity index (χ2n) is 8.61. The number of anilines is 1. The zero-order chi connectivity index (χ0) is 24.9. The van der Waals surface area contributed by atoms with Crippen LogP contribution in [0.15, 0.2) is 72.1 Å². The van der Waals surface area contributed by atoms with Crippen molar-refractivity contribution in [1.29, 1.82) is 0 Å². The van der Waals surface area contributed by atoms with E-state index in [0.717, 1.165) is 40.2 Å². The number of aromatic nitrogens is 2. The van der Waals surface area contributed by atoms with Crippen molar-refractivity contribution in [3.8, 4) is 16.3 Å². The summed E-state index contributed by atoms with van der Waals surface area (Å²) in [6.45, 7) is 0.116. The topological polar surface area (TPSA) is 108 Å². The minimum Gasteiger partial charge on any atom is -0.395 e. The van der Waals surface area contributed by atoms with Crippen LogP contribution >= 0.6 is 11.3 Å². The molecule has 0 spiro atoms. The van der Waals surface area contributed by atoms with E-state index in [2.05, 4.69) is 28.1 Å². The quantitative estimate of drug-likeness (QED) is 0.292. The second kappa shape index (κ2) is 10.8. The summed E-state index contributed by atoms with van der Waals surface area (Å²) < 4.78 is 1.69. The van der Waals surface area contributed by atoms with Crippen molar-refractivity contribution >= 4 is 29.1 Å². The first-order valence-corrected chi connectivity index (χ1v) is 12.7. The molecule has 184 valence electrons. The third kappa shape index (κ3) is 5.32. The van der Waals surface area contributed by atoms with Gasteiger partial charge in [-0.3, -0.25) is 10.1 Å². The smallest absolute Gasteiger partial charge is 0.320 e. The standard InChI is InChI=1S/C27H27N5O3S/c33-13-12-28-26(34)16-18-5-3-7-20(15-18)32-25(17-23(31-32)24-9-4-14-36-24)30-27(35)29-22-11-10-19-6-1-2-8-21(19)22/h1-9,14-15,17,22,33H,10-13,16H2,(H,28,34)(H2,29,30,35)/t22-/m0/s1. The van der Waals surface area contributed by atoms with Crippen LogP contribution in [0.25, 0.3) is 16.3 Å². The Morgan fingerprint density at radius 3 is 2.81 bits per heavy atom. The van der Waals surface area contributed by atoms with Crippen LogP contribution in [0.5, 0.6) is 0 Å². The van der Waals surface area contributed by atoms with Crippen LogP contribution in [0.1, 0.15) is 29.2 Å². The number of nitrogens with zero attached hydrogens (tertiary/aromatic N) is 2. The van der Waals surface area contributed by atoms with Crippen LogP contribution in [0.2, 0.25) is 0 Å². The van der Waals surface area contributed by atoms with E-state index in [9.17, 15) is 9.59 Å². The van der Waals surface area contributed by atoms with Crippen LogP contribution in [0.3, 0.4) is 0 Å². The van der Waals surface area contributed by atoms with E-state index in [0.29, 0.717) is 5.82 Å². The van der Waals surface area contributed by atoms with Crippen LogP contribution in [0, 0.1) is 0 Å². The highest BCUT2D eigenvalue weighted by Crippen LogP contribution is 2.31. The Morgan fingerprint density at radius 1 is 1.08 bits per heavy atom. The van der Waals surface area contributed by atoms with Crippen LogP contribution in [-0.4, -0.2) is 40.0 Å². The third-order valence-corrected chi connectivity index (χ3v) is 7.01. The van der Waals surface area contributed by atoms with Gasteiger partial charge in [-0.2, -0.15) is 5.10 Å². The van der Waals surface area contributed by atoms with Gasteiger partial charge in [-0.15, -0.1) is 11.3 Å². The first-order chi connectivity index (χ1) is 17.6. The van der Waals surface area contributed by atoms with Crippen LogP contribution in [0.4, 0.5) is 10.6 Å². The number of hydrogen-bond donors (Lipinski definition) is 4. The molecule has 0 fully saturated rings. The summed E-state index contributed by atoms with van der Waals surface area (Å²) >= 11 is 1.57. The molecule has 4 aromatic rings. The van der Waals surface area contributed by atoms with Gasteiger partial charge in [-0.05, 0) is 53.1 Å². The molecule has 1 atom stereocenters. The molecule has 5 rings (SSSR count). The molecule has 0 aliphatic heterocycles. The molecule has 2 aromatic carbocycles. The summed E-state index contributed by atoms with van der Waals surface area (Å²) in [5.41, 5.74) is 4.71. The van der Waals surface area contributed by atoms with Gasteiger partial charge >= 0.3 is 6.03 Å². The molecular weight excluding hydrogens is 474 g/mol. The predicted molar refractivity (Wildman–Crippen MR) is 140 cm³/mol. The molecule has 1 aliphatic carbocycles. The molecular formula is C27H27N5O3S. The Hall–Kier alpha value is -3.95. The van der Waals surface area contributed by atoms with Gasteiger partial charge in [0.15, 0.2) is 0 Å². The summed E-state index contributed by atoms with van der Waals surface area (Å²) in [7, 11) is 0. The monoisotopic (exact) mass is 501 g/mol. The average molecular weight is 502 g/mol. The third-order valence-electron chi connectivity index (χ3n) is 6.12. The summed E-state index contributed by atoms with van der Waals surface area (Å²) in [4.78, 5) is 26.2. The van der Waals surface area contributed by atoms with E-state index in [1.54, 1.807) is 16.0 Å². The van der Waals surface area contributed by atoms with Crippen molar-refractivity contribution < 1.29 is 14.7 Å². The summed E-state index contributed by atoms with van der Waals surface area (Å²) in [6.07, 6.45) is 1.99. The van der Waals surface area contributed by atoms with Crippen molar-refractivity contribution in [3.05, 3.63) is 88.8 Å². The van der Waals surface area contributed by atoms with Crippen molar-refractivity contribution in [2.45, 2.75) is 25.3 Å². The molecule has 8 nitrogen and oxygen atoms in total. The number of rotatable bonds is 8. The lowest BCUT2D eigenvalue weighted by Crippen LogP contribution is -2.32. The largest absolute Gasteiger partial charge is 0.395 e. The van der Waals surface area contributed by atoms with E-state index >= 15 is 0 Å². The maximum atomic E-state index is 13.0. The fourth-order valence-electron chi connectivity index (χ4n) is 4.47. The van der Waals surface area contributed by atoms with E-state index in [1.807, 2.05) is 60.0 Å². The minimum atomic E-state index is -0.296. The molecule has 0 saturated heterocycles. The number of carbonyl (C=O) groups excluding carboxylic acids is 2. The Kier molecular flexibility index (Phi) is 7.11. The highest BCUT2D eigenvalue weighted by Gasteiger charge is 2.24. The number of thiophene rings is 1. The number of aliphatic hydroxyl groups is 1. The number of aliphatic hydroxyl groups excluding tert-OH is 1. The van der Waals surface area contributed by atoms with Gasteiger partial charge in [-0.1, -0.05) is 42.5 Å². The molecule has 2 aromatic heterocycles. The molecule has 36 heavy (non-hydrogen) atoms. The van der Waals surface area contributed by atoms with E-state index in [4.69, 9.17) is 10.2 Å². The van der Waals surface area contributed by atoms with Gasteiger partial charge in [0, 0.05) is 12.6 Å². The highest BCUT2D eigenvalue weighted by atomic mass is 32.1. The van der Waals surface area contributed by atoms with Crippen LogP contribution < -0.4 is 16.0 Å². The molecule has 1 aliphatic rings. The van der Waals surface area contributed by atoms with Gasteiger partial charge in [-0.25, -0.2) is 9.48 Å². The first-order valence-electron chi connectivity index (χ1n) is 11.9. The number of carbonyl (C=O) groups is 2. The predicted octanol–water partition coefficient (Wildman–Crippen LogP) is 4.06. The number of hydrogen-bond acceptors (Lipinski definition) is 5.